The lowest BCUT2D eigenvalue weighted by Gasteiger charge is -2.34. The summed E-state index contributed by atoms with van der Waals surface area (Å²) in [7, 11) is 0. The Labute approximate surface area is 210 Å². The van der Waals surface area contributed by atoms with Gasteiger partial charge in [-0.3, -0.25) is 14.3 Å². The molecule has 8 heteroatoms. The van der Waals surface area contributed by atoms with Crippen molar-refractivity contribution in [3.05, 3.63) is 58.6 Å². The third kappa shape index (κ3) is 5.23. The molecule has 1 saturated heterocycles. The predicted octanol–water partition coefficient (Wildman–Crippen LogP) is 3.46. The minimum absolute atomic E-state index is 0.292. The molecule has 1 aliphatic carbocycles. The Kier molecular flexibility index (Phi) is 7.21. The van der Waals surface area contributed by atoms with Crippen molar-refractivity contribution in [1.29, 1.82) is 5.26 Å². The molecule has 188 valence electrons. The molecule has 1 aliphatic heterocycles. The van der Waals surface area contributed by atoms with Gasteiger partial charge in [-0.1, -0.05) is 56.0 Å². The van der Waals surface area contributed by atoms with Gasteiger partial charge in [0.1, 0.15) is 12.1 Å². The average molecular weight is 489 g/mol. The monoisotopic (exact) mass is 488 g/mol. The van der Waals surface area contributed by atoms with Crippen LogP contribution < -0.4 is 11.5 Å². The number of aromatic nitrogens is 1. The first-order chi connectivity index (χ1) is 17.5. The zero-order valence-corrected chi connectivity index (χ0v) is 20.4. The number of amides is 1. The molecular weight excluding hydrogens is 456 g/mol. The van der Waals surface area contributed by atoms with Gasteiger partial charge in [0.2, 0.25) is 5.91 Å². The first-order valence-electron chi connectivity index (χ1n) is 12.8. The molecule has 2 atom stereocenters. The second-order valence-electron chi connectivity index (χ2n) is 9.94. The topological polar surface area (TPSA) is 114 Å². The first-order valence-corrected chi connectivity index (χ1v) is 12.8. The van der Waals surface area contributed by atoms with Crippen LogP contribution in [0.15, 0.2) is 51.7 Å². The van der Waals surface area contributed by atoms with Crippen molar-refractivity contribution in [2.45, 2.75) is 57.2 Å². The van der Waals surface area contributed by atoms with Gasteiger partial charge < -0.3 is 14.9 Å². The molecule has 0 bridgehead atoms. The fourth-order valence-electron chi connectivity index (χ4n) is 5.50. The largest absolute Gasteiger partial charge is 0.419 e. The number of carbonyl (C=O) groups is 1. The zero-order valence-electron chi connectivity index (χ0n) is 20.4. The van der Waals surface area contributed by atoms with Crippen molar-refractivity contribution < 1.29 is 13.9 Å². The Bertz CT molecular complexity index is 1310. The maximum atomic E-state index is 12.5. The number of primary amides is 1. The lowest BCUT2D eigenvalue weighted by atomic mass is 9.99. The van der Waals surface area contributed by atoms with Crippen molar-refractivity contribution in [3.8, 4) is 17.2 Å². The van der Waals surface area contributed by atoms with Crippen LogP contribution in [-0.2, 0) is 22.5 Å². The van der Waals surface area contributed by atoms with E-state index in [4.69, 9.17) is 14.9 Å². The minimum atomic E-state index is -0.676. The molecule has 0 radical (unpaired) electrons. The number of nitrogens with two attached hydrogens (primary N) is 1. The zero-order chi connectivity index (χ0) is 25.1. The summed E-state index contributed by atoms with van der Waals surface area (Å²) in [6, 6.07) is 16.0. The highest BCUT2D eigenvalue weighted by atomic mass is 16.5. The molecule has 36 heavy (non-hydrogen) atoms. The molecule has 5 rings (SSSR count). The maximum Gasteiger partial charge on any atom is 0.419 e. The van der Waals surface area contributed by atoms with E-state index in [0.29, 0.717) is 44.2 Å². The quantitative estimate of drug-likeness (QED) is 0.519. The molecule has 1 saturated carbocycles. The molecule has 1 amide bonds. The molecule has 0 unspecified atom stereocenters. The van der Waals surface area contributed by atoms with Crippen LogP contribution in [0.25, 0.3) is 22.2 Å². The number of ether oxygens (including phenoxy) is 1. The van der Waals surface area contributed by atoms with Crippen LogP contribution in [0.5, 0.6) is 0 Å². The number of hydrogen-bond donors (Lipinski definition) is 1. The number of carbonyl (C=O) groups excluding carboxylic acids is 1. The second kappa shape index (κ2) is 10.7. The summed E-state index contributed by atoms with van der Waals surface area (Å²) in [5, 5.41) is 9.75. The second-order valence-corrected chi connectivity index (χ2v) is 9.94. The van der Waals surface area contributed by atoms with Crippen LogP contribution in [0.4, 0.5) is 0 Å². The third-order valence-corrected chi connectivity index (χ3v) is 7.62. The van der Waals surface area contributed by atoms with Gasteiger partial charge in [0, 0.05) is 26.1 Å². The smallest absolute Gasteiger partial charge is 0.408 e. The van der Waals surface area contributed by atoms with E-state index in [0.717, 1.165) is 28.6 Å². The number of oxazole rings is 1. The molecule has 2 fully saturated rings. The van der Waals surface area contributed by atoms with E-state index >= 15 is 0 Å². The summed E-state index contributed by atoms with van der Waals surface area (Å²) < 4.78 is 12.7. The van der Waals surface area contributed by atoms with Gasteiger partial charge in [0.05, 0.1) is 18.2 Å². The van der Waals surface area contributed by atoms with Gasteiger partial charge in [-0.2, -0.15) is 5.26 Å². The molecule has 2 N–H and O–H groups in total. The number of fused-ring (bicyclic) bond motifs is 1. The van der Waals surface area contributed by atoms with Gasteiger partial charge in [-0.25, -0.2) is 4.79 Å². The normalized spacial score (nSPS) is 19.9. The van der Waals surface area contributed by atoms with E-state index in [1.54, 1.807) is 4.57 Å². The van der Waals surface area contributed by atoms with Crippen LogP contribution >= 0.6 is 0 Å². The summed E-state index contributed by atoms with van der Waals surface area (Å²) >= 11 is 0. The van der Waals surface area contributed by atoms with Gasteiger partial charge >= 0.3 is 5.76 Å². The highest BCUT2D eigenvalue weighted by Crippen LogP contribution is 2.29. The number of hydrogen-bond acceptors (Lipinski definition) is 6. The van der Waals surface area contributed by atoms with Crippen LogP contribution in [0.3, 0.4) is 0 Å². The standard InChI is InChI=1S/C28H32N4O4/c29-17-23(31-13-14-35-26(18-31)27(30)33)15-20-5-7-21(8-6-20)22-9-10-25-24(16-22)32(28(34)36-25)12-11-19-3-1-2-4-19/h5-10,16,19,23,26H,1-4,11-15,18H2,(H2,30,33)/t23-,26-/m0/s1. The fraction of sp³-hybridized carbons (Fsp3) is 0.464. The summed E-state index contributed by atoms with van der Waals surface area (Å²) in [5.41, 5.74) is 9.91. The Morgan fingerprint density at radius 3 is 2.61 bits per heavy atom. The van der Waals surface area contributed by atoms with E-state index in [1.165, 1.54) is 25.7 Å². The van der Waals surface area contributed by atoms with Gasteiger partial charge in [0.25, 0.3) is 0 Å². The number of nitrogens with zero attached hydrogens (tertiary/aromatic N) is 3. The van der Waals surface area contributed by atoms with E-state index in [2.05, 4.69) is 6.07 Å². The molecule has 3 aromatic rings. The van der Waals surface area contributed by atoms with Gasteiger partial charge in [-0.15, -0.1) is 0 Å². The molecule has 8 nitrogen and oxygen atoms in total. The lowest BCUT2D eigenvalue weighted by Crippen LogP contribution is -2.52. The van der Waals surface area contributed by atoms with E-state index in [9.17, 15) is 14.9 Å². The lowest BCUT2D eigenvalue weighted by molar-refractivity contribution is -0.135. The minimum Gasteiger partial charge on any atom is -0.408 e. The van der Waals surface area contributed by atoms with E-state index in [-0.39, 0.29) is 11.8 Å². The number of nitriles is 1. The number of rotatable bonds is 8. The van der Waals surface area contributed by atoms with Crippen molar-refractivity contribution in [3.63, 3.8) is 0 Å². The van der Waals surface area contributed by atoms with Crippen LogP contribution in [0.2, 0.25) is 0 Å². The average Bonchev–Trinajstić information content (AvgIpc) is 3.53. The van der Waals surface area contributed by atoms with Crippen molar-refractivity contribution in [2.75, 3.05) is 19.7 Å². The number of morpholine rings is 1. The number of aryl methyl sites for hydroxylation is 1. The van der Waals surface area contributed by atoms with Crippen LogP contribution in [-0.4, -0.2) is 47.2 Å². The molecule has 2 aliphatic rings. The predicted molar refractivity (Wildman–Crippen MR) is 136 cm³/mol. The molecule has 0 spiro atoms. The Morgan fingerprint density at radius 1 is 1.14 bits per heavy atom. The van der Waals surface area contributed by atoms with Crippen molar-refractivity contribution in [2.24, 2.45) is 11.7 Å². The number of benzene rings is 2. The maximum absolute atomic E-state index is 12.5. The first kappa shape index (κ1) is 24.3. The molecular formula is C28H32N4O4. The highest BCUT2D eigenvalue weighted by Gasteiger charge is 2.29. The highest BCUT2D eigenvalue weighted by molar-refractivity contribution is 5.81. The van der Waals surface area contributed by atoms with E-state index in [1.807, 2.05) is 47.4 Å². The summed E-state index contributed by atoms with van der Waals surface area (Å²) in [4.78, 5) is 26.0. The summed E-state index contributed by atoms with van der Waals surface area (Å²) in [6.07, 6.45) is 5.98. The fourth-order valence-corrected chi connectivity index (χ4v) is 5.50. The molecule has 2 aromatic carbocycles. The summed E-state index contributed by atoms with van der Waals surface area (Å²) in [5.74, 6) is -0.0898. The molecule has 1 aromatic heterocycles. The Hall–Kier alpha value is -3.41. The van der Waals surface area contributed by atoms with Crippen molar-refractivity contribution >= 4 is 17.0 Å². The molecule has 2 heterocycles. The summed E-state index contributed by atoms with van der Waals surface area (Å²) in [6.45, 7) is 1.99. The SMILES string of the molecule is N#C[C@H](Cc1ccc(-c2ccc3oc(=O)n(CCC4CCCC4)c3c2)cc1)N1CCO[C@H](C(N)=O)C1. The third-order valence-electron chi connectivity index (χ3n) is 7.62. The van der Waals surface area contributed by atoms with Crippen molar-refractivity contribution in [1.82, 2.24) is 9.47 Å². The Morgan fingerprint density at radius 2 is 1.89 bits per heavy atom. The van der Waals surface area contributed by atoms with Gasteiger partial charge in [-0.05, 0) is 41.2 Å². The van der Waals surface area contributed by atoms with Gasteiger partial charge in [0.15, 0.2) is 5.58 Å². The van der Waals surface area contributed by atoms with Crippen LogP contribution in [0, 0.1) is 17.2 Å². The Balaban J connectivity index is 1.30. The van der Waals surface area contributed by atoms with E-state index < -0.39 is 12.0 Å². The van der Waals surface area contributed by atoms with Crippen LogP contribution in [0.1, 0.15) is 37.7 Å².